The van der Waals surface area contributed by atoms with Gasteiger partial charge in [0, 0.05) is 22.5 Å². The molecule has 2 rings (SSSR count). The van der Waals surface area contributed by atoms with Gasteiger partial charge in [0.1, 0.15) is 10.6 Å². The summed E-state index contributed by atoms with van der Waals surface area (Å²) < 4.78 is 26.5. The molecule has 3 N–H and O–H groups in total. The predicted octanol–water partition coefficient (Wildman–Crippen LogP) is 1.87. The molecule has 0 radical (unpaired) electrons. The van der Waals surface area contributed by atoms with E-state index in [4.69, 9.17) is 5.11 Å². The maximum Gasteiger partial charge on any atom is 0.352 e. The first kappa shape index (κ1) is 14.8. The Balaban J connectivity index is 2.12. The van der Waals surface area contributed by atoms with Gasteiger partial charge >= 0.3 is 5.97 Å². The fraction of sp³-hybridized carbons (Fsp3) is 0.250. The third kappa shape index (κ3) is 3.09. The second-order valence-electron chi connectivity index (χ2n) is 4.33. The van der Waals surface area contributed by atoms with Gasteiger partial charge in [-0.15, -0.1) is 11.3 Å². The van der Waals surface area contributed by atoms with Gasteiger partial charge in [0.2, 0.25) is 10.0 Å². The van der Waals surface area contributed by atoms with E-state index in [9.17, 15) is 13.2 Å². The Bertz CT molecular complexity index is 724. The highest BCUT2D eigenvalue weighted by Gasteiger charge is 2.18. The summed E-state index contributed by atoms with van der Waals surface area (Å²) in [6.45, 7) is 4.13. The van der Waals surface area contributed by atoms with E-state index >= 15 is 0 Å². The van der Waals surface area contributed by atoms with Crippen LogP contribution in [-0.4, -0.2) is 24.5 Å². The zero-order chi connectivity index (χ0) is 14.9. The second kappa shape index (κ2) is 5.39. The van der Waals surface area contributed by atoms with E-state index in [-0.39, 0.29) is 17.1 Å². The molecule has 0 aliphatic heterocycles. The van der Waals surface area contributed by atoms with E-state index in [0.29, 0.717) is 0 Å². The van der Waals surface area contributed by atoms with Crippen LogP contribution in [0.25, 0.3) is 0 Å². The number of aromatic amines is 1. The molecule has 0 aromatic carbocycles. The standard InChI is InChI=1S/C12H14N2O4S2/c1-7-3-9(19-8(7)2)5-14-20(17,18)10-4-11(12(15)16)13-6-10/h3-4,6,13-14H,5H2,1-2H3,(H,15,16). The van der Waals surface area contributed by atoms with Crippen molar-refractivity contribution in [1.29, 1.82) is 0 Å². The van der Waals surface area contributed by atoms with Crippen LogP contribution in [0, 0.1) is 13.8 Å². The summed E-state index contributed by atoms with van der Waals surface area (Å²) in [5.74, 6) is -1.20. The summed E-state index contributed by atoms with van der Waals surface area (Å²) >= 11 is 1.53. The number of aromatic nitrogens is 1. The lowest BCUT2D eigenvalue weighted by Crippen LogP contribution is -2.22. The van der Waals surface area contributed by atoms with E-state index in [2.05, 4.69) is 9.71 Å². The molecule has 0 bridgehead atoms. The van der Waals surface area contributed by atoms with Crippen LogP contribution < -0.4 is 4.72 Å². The Morgan fingerprint density at radius 3 is 2.60 bits per heavy atom. The average molecular weight is 314 g/mol. The van der Waals surface area contributed by atoms with E-state index < -0.39 is 16.0 Å². The van der Waals surface area contributed by atoms with Crippen LogP contribution in [0.3, 0.4) is 0 Å². The van der Waals surface area contributed by atoms with Gasteiger partial charge in [-0.05, 0) is 31.5 Å². The molecular weight excluding hydrogens is 300 g/mol. The quantitative estimate of drug-likeness (QED) is 0.784. The molecule has 0 aliphatic carbocycles. The van der Waals surface area contributed by atoms with Crippen molar-refractivity contribution in [3.8, 4) is 0 Å². The number of aromatic carboxylic acids is 1. The molecule has 0 aliphatic rings. The summed E-state index contributed by atoms with van der Waals surface area (Å²) in [5.41, 5.74) is 0.965. The number of nitrogens with one attached hydrogen (secondary N) is 2. The first-order valence-electron chi connectivity index (χ1n) is 5.77. The van der Waals surface area contributed by atoms with Crippen LogP contribution >= 0.6 is 11.3 Å². The Morgan fingerprint density at radius 2 is 2.10 bits per heavy atom. The van der Waals surface area contributed by atoms with E-state index in [0.717, 1.165) is 27.6 Å². The van der Waals surface area contributed by atoms with Crippen molar-refractivity contribution in [3.05, 3.63) is 39.3 Å². The number of carboxylic acids is 1. The van der Waals surface area contributed by atoms with Crippen LogP contribution in [0.5, 0.6) is 0 Å². The molecule has 8 heteroatoms. The lowest BCUT2D eigenvalue weighted by molar-refractivity contribution is 0.0691. The average Bonchev–Trinajstić information content (AvgIpc) is 2.96. The van der Waals surface area contributed by atoms with Crippen LogP contribution in [-0.2, 0) is 16.6 Å². The highest BCUT2D eigenvalue weighted by atomic mass is 32.2. The number of aryl methyl sites for hydroxylation is 2. The lowest BCUT2D eigenvalue weighted by Gasteiger charge is -2.02. The highest BCUT2D eigenvalue weighted by Crippen LogP contribution is 2.21. The van der Waals surface area contributed by atoms with Crippen molar-refractivity contribution in [2.45, 2.75) is 25.3 Å². The number of sulfonamides is 1. The highest BCUT2D eigenvalue weighted by molar-refractivity contribution is 7.89. The molecular formula is C12H14N2O4S2. The molecule has 20 heavy (non-hydrogen) atoms. The maximum absolute atomic E-state index is 12.0. The largest absolute Gasteiger partial charge is 0.477 e. The number of carboxylic acid groups (broad SMARTS) is 1. The number of H-pyrrole nitrogens is 1. The van der Waals surface area contributed by atoms with Crippen molar-refractivity contribution in [3.63, 3.8) is 0 Å². The Kier molecular flexibility index (Phi) is 3.98. The zero-order valence-corrected chi connectivity index (χ0v) is 12.6. The Morgan fingerprint density at radius 1 is 1.40 bits per heavy atom. The molecule has 0 atom stereocenters. The van der Waals surface area contributed by atoms with Crippen LogP contribution in [0.15, 0.2) is 23.2 Å². The maximum atomic E-state index is 12.0. The minimum Gasteiger partial charge on any atom is -0.477 e. The van der Waals surface area contributed by atoms with Gasteiger partial charge in [-0.25, -0.2) is 17.9 Å². The number of thiophene rings is 1. The molecule has 0 amide bonds. The van der Waals surface area contributed by atoms with Gasteiger partial charge in [-0.3, -0.25) is 0 Å². The first-order chi connectivity index (χ1) is 9.29. The van der Waals surface area contributed by atoms with E-state index in [1.807, 2.05) is 19.9 Å². The molecule has 2 aromatic rings. The number of hydrogen-bond acceptors (Lipinski definition) is 4. The molecule has 0 spiro atoms. The Hall–Kier alpha value is -1.64. The predicted molar refractivity (Wildman–Crippen MR) is 75.6 cm³/mol. The second-order valence-corrected chi connectivity index (χ2v) is 7.44. The molecule has 0 unspecified atom stereocenters. The molecule has 108 valence electrons. The van der Waals surface area contributed by atoms with Crippen molar-refractivity contribution >= 4 is 27.3 Å². The third-order valence-corrected chi connectivity index (χ3v) is 5.38. The monoisotopic (exact) mass is 314 g/mol. The smallest absolute Gasteiger partial charge is 0.352 e. The van der Waals surface area contributed by atoms with Crippen molar-refractivity contribution in [2.24, 2.45) is 0 Å². The van der Waals surface area contributed by atoms with Crippen molar-refractivity contribution in [1.82, 2.24) is 9.71 Å². The van der Waals surface area contributed by atoms with Crippen LogP contribution in [0.4, 0.5) is 0 Å². The number of rotatable bonds is 5. The van der Waals surface area contributed by atoms with Gasteiger partial charge in [-0.2, -0.15) is 0 Å². The summed E-state index contributed by atoms with van der Waals surface area (Å²) in [6, 6.07) is 3.03. The molecule has 6 nitrogen and oxygen atoms in total. The third-order valence-electron chi connectivity index (χ3n) is 2.85. The van der Waals surface area contributed by atoms with Gasteiger partial charge < -0.3 is 10.1 Å². The van der Waals surface area contributed by atoms with Crippen LogP contribution in [0.1, 0.15) is 25.8 Å². The Labute approximate surface area is 120 Å². The number of hydrogen-bond donors (Lipinski definition) is 3. The van der Waals surface area contributed by atoms with Crippen LogP contribution in [0.2, 0.25) is 0 Å². The SMILES string of the molecule is Cc1cc(CNS(=O)(=O)c2c[nH]c(C(=O)O)c2)sc1C. The summed E-state index contributed by atoms with van der Waals surface area (Å²) in [4.78, 5) is 15.1. The fourth-order valence-electron chi connectivity index (χ4n) is 1.64. The molecule has 0 saturated heterocycles. The zero-order valence-electron chi connectivity index (χ0n) is 10.9. The van der Waals surface area contributed by atoms with Gasteiger partial charge in [0.15, 0.2) is 0 Å². The molecule has 0 saturated carbocycles. The molecule has 2 heterocycles. The van der Waals surface area contributed by atoms with E-state index in [1.54, 1.807) is 0 Å². The summed E-state index contributed by atoms with van der Waals surface area (Å²) in [6.07, 6.45) is 1.16. The van der Waals surface area contributed by atoms with Crippen molar-refractivity contribution < 1.29 is 18.3 Å². The molecule has 0 fully saturated rings. The number of carbonyl (C=O) groups is 1. The minimum atomic E-state index is -3.71. The fourth-order valence-corrected chi connectivity index (χ4v) is 3.72. The van der Waals surface area contributed by atoms with Gasteiger partial charge in [0.05, 0.1) is 0 Å². The summed E-state index contributed by atoms with van der Waals surface area (Å²) in [7, 11) is -3.71. The van der Waals surface area contributed by atoms with E-state index in [1.165, 1.54) is 11.3 Å². The van der Waals surface area contributed by atoms with Crippen molar-refractivity contribution in [2.75, 3.05) is 0 Å². The first-order valence-corrected chi connectivity index (χ1v) is 8.07. The summed E-state index contributed by atoms with van der Waals surface area (Å²) in [5, 5.41) is 8.76. The normalized spacial score (nSPS) is 11.7. The molecule has 2 aromatic heterocycles. The van der Waals surface area contributed by atoms with Gasteiger partial charge in [0.25, 0.3) is 0 Å². The minimum absolute atomic E-state index is 0.0834. The topological polar surface area (TPSA) is 99.3 Å². The lowest BCUT2D eigenvalue weighted by atomic mass is 10.3. The van der Waals surface area contributed by atoms with Gasteiger partial charge in [-0.1, -0.05) is 0 Å².